The number of hydrogen-bond acceptors (Lipinski definition) is 2. The van der Waals surface area contributed by atoms with Crippen LogP contribution in [0.25, 0.3) is 0 Å². The van der Waals surface area contributed by atoms with Crippen molar-refractivity contribution in [1.82, 2.24) is 0 Å². The summed E-state index contributed by atoms with van der Waals surface area (Å²) in [4.78, 5) is 6.03. The number of nitrogens with zero attached hydrogens (tertiary/aromatic N) is 1. The topological polar surface area (TPSA) is 21.6 Å². The van der Waals surface area contributed by atoms with Crippen molar-refractivity contribution in [2.75, 3.05) is 0 Å². The van der Waals surface area contributed by atoms with Gasteiger partial charge in [0.05, 0.1) is 5.71 Å². The van der Waals surface area contributed by atoms with Crippen LogP contribution in [0.1, 0.15) is 91.2 Å². The van der Waals surface area contributed by atoms with Gasteiger partial charge in [0.2, 0.25) is 0 Å². The maximum absolute atomic E-state index is 6.03. The van der Waals surface area contributed by atoms with E-state index in [-0.39, 0.29) is 11.0 Å². The molecule has 2 nitrogen and oxygen atoms in total. The van der Waals surface area contributed by atoms with Crippen molar-refractivity contribution in [3.8, 4) is 0 Å². The molecule has 25 heavy (non-hydrogen) atoms. The molecule has 1 heterocycles. The van der Waals surface area contributed by atoms with Crippen molar-refractivity contribution in [2.45, 2.75) is 91.1 Å². The van der Waals surface area contributed by atoms with Gasteiger partial charge in [0.15, 0.2) is 0 Å². The van der Waals surface area contributed by atoms with Crippen LogP contribution < -0.4 is 0 Å². The molecule has 0 bridgehead atoms. The minimum absolute atomic E-state index is 0.0294. The zero-order chi connectivity index (χ0) is 18.3. The molecule has 0 amide bonds. The van der Waals surface area contributed by atoms with E-state index in [9.17, 15) is 0 Å². The highest BCUT2D eigenvalue weighted by atomic mass is 16.7. The van der Waals surface area contributed by atoms with Crippen LogP contribution in [0.5, 0.6) is 0 Å². The third-order valence-electron chi connectivity index (χ3n) is 6.84. The van der Waals surface area contributed by atoms with Gasteiger partial charge in [0.1, 0.15) is 5.60 Å². The van der Waals surface area contributed by atoms with Crippen molar-refractivity contribution >= 4 is 5.71 Å². The van der Waals surface area contributed by atoms with Crippen LogP contribution in [-0.4, -0.2) is 11.3 Å². The summed E-state index contributed by atoms with van der Waals surface area (Å²) in [5.41, 5.74) is 4.34. The summed E-state index contributed by atoms with van der Waals surface area (Å²) >= 11 is 0. The number of benzene rings is 1. The maximum Gasteiger partial charge on any atom is 0.143 e. The van der Waals surface area contributed by atoms with E-state index in [0.717, 1.165) is 30.9 Å². The molecule has 1 aliphatic carbocycles. The molecule has 3 rings (SSSR count). The summed E-state index contributed by atoms with van der Waals surface area (Å²) in [6.45, 7) is 13.9. The van der Waals surface area contributed by atoms with Crippen molar-refractivity contribution in [3.63, 3.8) is 0 Å². The van der Waals surface area contributed by atoms with Crippen LogP contribution in [0.2, 0.25) is 0 Å². The lowest BCUT2D eigenvalue weighted by Crippen LogP contribution is -2.38. The Balaban J connectivity index is 1.64. The van der Waals surface area contributed by atoms with Crippen LogP contribution in [0.15, 0.2) is 29.4 Å². The number of rotatable bonds is 3. The second-order valence-electron chi connectivity index (χ2n) is 9.93. The van der Waals surface area contributed by atoms with E-state index in [1.807, 2.05) is 0 Å². The first-order valence-electron chi connectivity index (χ1n) is 10.0. The summed E-state index contributed by atoms with van der Waals surface area (Å²) < 4.78 is 0. The summed E-state index contributed by atoms with van der Waals surface area (Å²) in [7, 11) is 0. The van der Waals surface area contributed by atoms with Gasteiger partial charge in [-0.15, -0.1) is 0 Å². The predicted molar refractivity (Wildman–Crippen MR) is 106 cm³/mol. The van der Waals surface area contributed by atoms with Gasteiger partial charge < -0.3 is 4.84 Å². The smallest absolute Gasteiger partial charge is 0.143 e. The third kappa shape index (κ3) is 3.78. The Morgan fingerprint density at radius 2 is 1.64 bits per heavy atom. The standard InChI is InChI=1S/C23H35NO/c1-7-22(5,6)19-12-14-23(15-13-19)16-20(24-25-23)17-8-10-18(11-9-17)21(2,3)4/h8-11,19H,7,12-16H2,1-6H3. The molecule has 1 saturated carbocycles. The fourth-order valence-electron chi connectivity index (χ4n) is 4.32. The van der Waals surface area contributed by atoms with Crippen LogP contribution in [0.4, 0.5) is 0 Å². The summed E-state index contributed by atoms with van der Waals surface area (Å²) in [6.07, 6.45) is 7.07. The van der Waals surface area contributed by atoms with Crippen LogP contribution in [-0.2, 0) is 10.3 Å². The van der Waals surface area contributed by atoms with E-state index in [1.165, 1.54) is 30.4 Å². The van der Waals surface area contributed by atoms with E-state index in [1.54, 1.807) is 0 Å². The minimum atomic E-state index is -0.0294. The van der Waals surface area contributed by atoms with Crippen molar-refractivity contribution < 1.29 is 4.84 Å². The molecule has 1 aromatic rings. The Morgan fingerprint density at radius 3 is 2.16 bits per heavy atom. The zero-order valence-electron chi connectivity index (χ0n) is 17.0. The summed E-state index contributed by atoms with van der Waals surface area (Å²) in [6, 6.07) is 8.91. The van der Waals surface area contributed by atoms with Gasteiger partial charge in [0, 0.05) is 6.42 Å². The van der Waals surface area contributed by atoms with Gasteiger partial charge in [-0.25, -0.2) is 0 Å². The largest absolute Gasteiger partial charge is 0.389 e. The highest BCUT2D eigenvalue weighted by Crippen LogP contribution is 2.47. The minimum Gasteiger partial charge on any atom is -0.389 e. The average Bonchev–Trinajstić information content (AvgIpc) is 2.98. The average molecular weight is 342 g/mol. The molecule has 1 aromatic carbocycles. The van der Waals surface area contributed by atoms with E-state index >= 15 is 0 Å². The lowest BCUT2D eigenvalue weighted by Gasteiger charge is -2.41. The maximum atomic E-state index is 6.03. The highest BCUT2D eigenvalue weighted by Gasteiger charge is 2.45. The summed E-state index contributed by atoms with van der Waals surface area (Å²) in [5.74, 6) is 0.821. The van der Waals surface area contributed by atoms with Crippen LogP contribution in [0, 0.1) is 11.3 Å². The molecular weight excluding hydrogens is 306 g/mol. The van der Waals surface area contributed by atoms with Crippen LogP contribution in [0.3, 0.4) is 0 Å². The molecule has 2 heteroatoms. The van der Waals surface area contributed by atoms with E-state index in [2.05, 4.69) is 71.0 Å². The molecule has 1 spiro atoms. The normalized spacial score (nSPS) is 27.3. The predicted octanol–water partition coefficient (Wildman–Crippen LogP) is 6.47. The van der Waals surface area contributed by atoms with Gasteiger partial charge in [0.25, 0.3) is 0 Å². The summed E-state index contributed by atoms with van der Waals surface area (Å²) in [5, 5.41) is 4.50. The third-order valence-corrected chi connectivity index (χ3v) is 6.84. The second kappa shape index (κ2) is 6.45. The van der Waals surface area contributed by atoms with Crippen molar-refractivity contribution in [1.29, 1.82) is 0 Å². The fourth-order valence-corrected chi connectivity index (χ4v) is 4.32. The first kappa shape index (κ1) is 18.5. The molecule has 138 valence electrons. The molecule has 0 aromatic heterocycles. The Labute approximate surface area is 154 Å². The van der Waals surface area contributed by atoms with E-state index in [4.69, 9.17) is 4.84 Å². The monoisotopic (exact) mass is 341 g/mol. The molecule has 2 aliphatic rings. The fraction of sp³-hybridized carbons (Fsp3) is 0.696. The molecule has 1 fully saturated rings. The molecule has 0 atom stereocenters. The quantitative estimate of drug-likeness (QED) is 0.617. The SMILES string of the molecule is CCC(C)(C)C1CCC2(CC1)CC(c1ccc(C(C)(C)C)cc1)=NO2. The van der Waals surface area contributed by atoms with Gasteiger partial charge >= 0.3 is 0 Å². The molecule has 0 unspecified atom stereocenters. The second-order valence-corrected chi connectivity index (χ2v) is 9.93. The first-order chi connectivity index (χ1) is 11.7. The Morgan fingerprint density at radius 1 is 1.04 bits per heavy atom. The van der Waals surface area contributed by atoms with Crippen molar-refractivity contribution in [2.24, 2.45) is 16.5 Å². The first-order valence-corrected chi connectivity index (χ1v) is 10.0. The molecule has 0 N–H and O–H groups in total. The van der Waals surface area contributed by atoms with E-state index < -0.39 is 0 Å². The molecule has 0 saturated heterocycles. The highest BCUT2D eigenvalue weighted by molar-refractivity contribution is 6.01. The van der Waals surface area contributed by atoms with Gasteiger partial charge in [-0.1, -0.05) is 77.4 Å². The van der Waals surface area contributed by atoms with Crippen molar-refractivity contribution in [3.05, 3.63) is 35.4 Å². The molecular formula is C23H35NO. The Kier molecular flexibility index (Phi) is 4.77. The van der Waals surface area contributed by atoms with Gasteiger partial charge in [-0.2, -0.15) is 0 Å². The number of oxime groups is 1. The van der Waals surface area contributed by atoms with E-state index in [0.29, 0.717) is 5.41 Å². The Hall–Kier alpha value is -1.31. The van der Waals surface area contributed by atoms with Gasteiger partial charge in [-0.05, 0) is 53.6 Å². The Bertz CT molecular complexity index is 625. The zero-order valence-corrected chi connectivity index (χ0v) is 17.0. The lowest BCUT2D eigenvalue weighted by molar-refractivity contribution is -0.0658. The molecule has 0 radical (unpaired) electrons. The number of hydrogen-bond donors (Lipinski definition) is 0. The van der Waals surface area contributed by atoms with Gasteiger partial charge in [-0.3, -0.25) is 0 Å². The molecule has 1 aliphatic heterocycles. The lowest BCUT2D eigenvalue weighted by atomic mass is 9.65. The van der Waals surface area contributed by atoms with Crippen LogP contribution >= 0.6 is 0 Å².